The number of aryl methyl sites for hydroxylation is 1. The maximum atomic E-state index is 12.2. The van der Waals surface area contributed by atoms with Gasteiger partial charge in [0.2, 0.25) is 0 Å². The molecule has 3 rings (SSSR count). The lowest BCUT2D eigenvalue weighted by Crippen LogP contribution is -2.44. The molecule has 0 saturated carbocycles. The van der Waals surface area contributed by atoms with Crippen LogP contribution in [-0.2, 0) is 13.5 Å². The molecule has 0 aliphatic carbocycles. The number of carbonyl (C=O) groups excluding carboxylic acids is 1. The standard InChI is InChI=1S/C15H21N5OS/c1-19-11-16-10-14(19)12-4-8-20(9-5-12)15(21)17-6-2-13-3-7-18-22-13/h3,7,10-12H,2,4-6,8-9H2,1H3,(H,17,21). The van der Waals surface area contributed by atoms with Gasteiger partial charge in [-0.3, -0.25) is 0 Å². The van der Waals surface area contributed by atoms with Crippen molar-refractivity contribution in [2.45, 2.75) is 25.2 Å². The lowest BCUT2D eigenvalue weighted by atomic mass is 9.94. The Kier molecular flexibility index (Phi) is 4.72. The first-order valence-electron chi connectivity index (χ1n) is 7.62. The summed E-state index contributed by atoms with van der Waals surface area (Å²) in [6.45, 7) is 2.28. The molecule has 1 aliphatic heterocycles. The molecule has 0 aromatic carbocycles. The van der Waals surface area contributed by atoms with Crippen LogP contribution in [0.3, 0.4) is 0 Å². The van der Waals surface area contributed by atoms with Crippen LogP contribution in [0.2, 0.25) is 0 Å². The number of hydrogen-bond acceptors (Lipinski definition) is 4. The minimum Gasteiger partial charge on any atom is -0.338 e. The number of piperidine rings is 1. The van der Waals surface area contributed by atoms with E-state index in [1.54, 1.807) is 6.20 Å². The van der Waals surface area contributed by atoms with Crippen LogP contribution in [0.1, 0.15) is 29.3 Å². The van der Waals surface area contributed by atoms with Gasteiger partial charge in [-0.25, -0.2) is 14.2 Å². The summed E-state index contributed by atoms with van der Waals surface area (Å²) >= 11 is 1.49. The second-order valence-corrected chi connectivity index (χ2v) is 6.57. The van der Waals surface area contributed by atoms with E-state index in [4.69, 9.17) is 0 Å². The number of nitrogens with zero attached hydrogens (tertiary/aromatic N) is 4. The van der Waals surface area contributed by atoms with Gasteiger partial charge in [-0.2, -0.15) is 0 Å². The Bertz CT molecular complexity index is 601. The van der Waals surface area contributed by atoms with Gasteiger partial charge in [0, 0.05) is 62.0 Å². The summed E-state index contributed by atoms with van der Waals surface area (Å²) in [5.41, 5.74) is 1.27. The summed E-state index contributed by atoms with van der Waals surface area (Å²) in [5, 5.41) is 3.00. The third-order valence-corrected chi connectivity index (χ3v) is 5.00. The van der Waals surface area contributed by atoms with E-state index >= 15 is 0 Å². The van der Waals surface area contributed by atoms with Crippen LogP contribution in [0.4, 0.5) is 4.79 Å². The van der Waals surface area contributed by atoms with Crippen molar-refractivity contribution in [3.63, 3.8) is 0 Å². The smallest absolute Gasteiger partial charge is 0.317 e. The van der Waals surface area contributed by atoms with Crippen LogP contribution in [-0.4, -0.2) is 44.5 Å². The van der Waals surface area contributed by atoms with Gasteiger partial charge < -0.3 is 14.8 Å². The molecule has 2 amide bonds. The van der Waals surface area contributed by atoms with Crippen molar-refractivity contribution in [3.05, 3.63) is 35.4 Å². The summed E-state index contributed by atoms with van der Waals surface area (Å²) in [7, 11) is 2.03. The average Bonchev–Trinajstić information content (AvgIpc) is 3.19. The van der Waals surface area contributed by atoms with E-state index in [0.29, 0.717) is 12.5 Å². The number of likely N-dealkylation sites (tertiary alicyclic amines) is 1. The van der Waals surface area contributed by atoms with Crippen molar-refractivity contribution in [1.29, 1.82) is 0 Å². The molecule has 22 heavy (non-hydrogen) atoms. The zero-order valence-corrected chi connectivity index (χ0v) is 13.6. The molecule has 2 aromatic rings. The first-order chi connectivity index (χ1) is 10.7. The Morgan fingerprint density at radius 2 is 2.27 bits per heavy atom. The van der Waals surface area contributed by atoms with Crippen LogP contribution in [0.5, 0.6) is 0 Å². The van der Waals surface area contributed by atoms with Crippen LogP contribution < -0.4 is 5.32 Å². The van der Waals surface area contributed by atoms with Crippen LogP contribution >= 0.6 is 11.5 Å². The Labute approximate surface area is 134 Å². The largest absolute Gasteiger partial charge is 0.338 e. The topological polar surface area (TPSA) is 63.1 Å². The zero-order chi connectivity index (χ0) is 15.4. The second kappa shape index (κ2) is 6.91. The third-order valence-electron chi connectivity index (χ3n) is 4.19. The molecule has 118 valence electrons. The number of rotatable bonds is 4. The average molecular weight is 319 g/mol. The summed E-state index contributed by atoms with van der Waals surface area (Å²) < 4.78 is 6.14. The molecule has 1 N–H and O–H groups in total. The Balaban J connectivity index is 1.43. The number of carbonyl (C=O) groups is 1. The van der Waals surface area contributed by atoms with Crippen molar-refractivity contribution in [3.8, 4) is 0 Å². The van der Waals surface area contributed by atoms with Crippen molar-refractivity contribution >= 4 is 17.6 Å². The van der Waals surface area contributed by atoms with E-state index in [9.17, 15) is 4.79 Å². The van der Waals surface area contributed by atoms with E-state index < -0.39 is 0 Å². The number of hydrogen-bond donors (Lipinski definition) is 1. The third kappa shape index (κ3) is 3.47. The van der Waals surface area contributed by atoms with E-state index in [0.717, 1.165) is 32.4 Å². The minimum absolute atomic E-state index is 0.0490. The normalized spacial score (nSPS) is 16.0. The molecule has 1 aliphatic rings. The zero-order valence-electron chi connectivity index (χ0n) is 12.7. The Morgan fingerprint density at radius 3 is 2.91 bits per heavy atom. The van der Waals surface area contributed by atoms with Gasteiger partial charge >= 0.3 is 6.03 Å². The highest BCUT2D eigenvalue weighted by atomic mass is 32.1. The maximum Gasteiger partial charge on any atom is 0.317 e. The van der Waals surface area contributed by atoms with E-state index in [1.807, 2.05) is 30.5 Å². The summed E-state index contributed by atoms with van der Waals surface area (Å²) in [4.78, 5) is 19.5. The highest BCUT2D eigenvalue weighted by Gasteiger charge is 2.25. The fourth-order valence-electron chi connectivity index (χ4n) is 2.91. The van der Waals surface area contributed by atoms with Crippen molar-refractivity contribution in [2.75, 3.05) is 19.6 Å². The molecule has 1 saturated heterocycles. The summed E-state index contributed by atoms with van der Waals surface area (Å²) in [6, 6.07) is 2.05. The van der Waals surface area contributed by atoms with Gasteiger partial charge in [-0.05, 0) is 30.4 Å². The molecule has 6 nitrogen and oxygen atoms in total. The lowest BCUT2D eigenvalue weighted by Gasteiger charge is -2.32. The molecule has 0 radical (unpaired) electrons. The van der Waals surface area contributed by atoms with Gasteiger partial charge in [0.05, 0.1) is 6.33 Å². The van der Waals surface area contributed by atoms with Crippen LogP contribution in [0.25, 0.3) is 0 Å². The molecular weight excluding hydrogens is 298 g/mol. The Morgan fingerprint density at radius 1 is 1.45 bits per heavy atom. The predicted molar refractivity (Wildman–Crippen MR) is 86.0 cm³/mol. The first kappa shape index (κ1) is 15.0. The van der Waals surface area contributed by atoms with E-state index in [1.165, 1.54) is 22.1 Å². The fraction of sp³-hybridized carbons (Fsp3) is 0.533. The number of nitrogens with one attached hydrogen (secondary N) is 1. The van der Waals surface area contributed by atoms with Crippen molar-refractivity contribution in [2.24, 2.45) is 7.05 Å². The Hall–Kier alpha value is -1.89. The van der Waals surface area contributed by atoms with Crippen LogP contribution in [0.15, 0.2) is 24.8 Å². The van der Waals surface area contributed by atoms with E-state index in [2.05, 4.69) is 19.2 Å². The van der Waals surface area contributed by atoms with Gasteiger partial charge in [0.25, 0.3) is 0 Å². The molecule has 0 bridgehead atoms. The molecule has 0 unspecified atom stereocenters. The van der Waals surface area contributed by atoms with Crippen molar-refractivity contribution in [1.82, 2.24) is 24.1 Å². The molecule has 0 spiro atoms. The summed E-state index contributed by atoms with van der Waals surface area (Å²) in [5.74, 6) is 0.508. The number of amides is 2. The molecular formula is C15H21N5OS. The monoisotopic (exact) mass is 319 g/mol. The lowest BCUT2D eigenvalue weighted by molar-refractivity contribution is 0.181. The van der Waals surface area contributed by atoms with Gasteiger partial charge in [-0.15, -0.1) is 0 Å². The predicted octanol–water partition coefficient (Wildman–Crippen LogP) is 2.01. The maximum absolute atomic E-state index is 12.2. The fourth-order valence-corrected chi connectivity index (χ4v) is 3.49. The number of urea groups is 1. The van der Waals surface area contributed by atoms with Crippen LogP contribution in [0, 0.1) is 0 Å². The first-order valence-corrected chi connectivity index (χ1v) is 8.40. The van der Waals surface area contributed by atoms with Gasteiger partial charge in [-0.1, -0.05) is 0 Å². The quantitative estimate of drug-likeness (QED) is 0.937. The highest BCUT2D eigenvalue weighted by Crippen LogP contribution is 2.27. The van der Waals surface area contributed by atoms with Gasteiger partial charge in [0.15, 0.2) is 0 Å². The molecule has 1 fully saturated rings. The second-order valence-electron chi connectivity index (χ2n) is 5.65. The molecule has 7 heteroatoms. The van der Waals surface area contributed by atoms with Gasteiger partial charge in [0.1, 0.15) is 0 Å². The van der Waals surface area contributed by atoms with E-state index in [-0.39, 0.29) is 6.03 Å². The minimum atomic E-state index is 0.0490. The molecule has 0 atom stereocenters. The summed E-state index contributed by atoms with van der Waals surface area (Å²) in [6.07, 6.45) is 8.43. The SMILES string of the molecule is Cn1cncc1C1CCN(C(=O)NCCc2ccns2)CC1. The number of imidazole rings is 1. The molecule has 2 aromatic heterocycles. The number of aromatic nitrogens is 3. The highest BCUT2D eigenvalue weighted by molar-refractivity contribution is 7.05. The molecule has 3 heterocycles. The van der Waals surface area contributed by atoms with Crippen molar-refractivity contribution < 1.29 is 4.79 Å².